The van der Waals surface area contributed by atoms with E-state index in [4.69, 9.17) is 0 Å². The lowest BCUT2D eigenvalue weighted by molar-refractivity contribution is -0.139. The molecule has 1 aliphatic rings. The topological polar surface area (TPSA) is 49.3 Å². The standard InChI is InChI=1S/C17H22N4O/c1-17(2,3)16(22)21-10-8-20(9-11-21)15-14-7-5-4-6-13(14)12-18-19-15/h4-7,12H,8-11H2,1-3H3. The predicted molar refractivity (Wildman–Crippen MR) is 87.8 cm³/mol. The van der Waals surface area contributed by atoms with E-state index in [9.17, 15) is 4.79 Å². The number of carbonyl (C=O) groups excluding carboxylic acids is 1. The summed E-state index contributed by atoms with van der Waals surface area (Å²) in [6.45, 7) is 8.98. The van der Waals surface area contributed by atoms with Gasteiger partial charge in [-0.2, -0.15) is 5.10 Å². The Kier molecular flexibility index (Phi) is 3.72. The second kappa shape index (κ2) is 5.55. The summed E-state index contributed by atoms with van der Waals surface area (Å²) in [5.74, 6) is 1.14. The monoisotopic (exact) mass is 298 g/mol. The molecule has 1 saturated heterocycles. The van der Waals surface area contributed by atoms with Crippen molar-refractivity contribution in [2.45, 2.75) is 20.8 Å². The van der Waals surface area contributed by atoms with E-state index in [-0.39, 0.29) is 11.3 Å². The zero-order chi connectivity index (χ0) is 15.7. The minimum Gasteiger partial charge on any atom is -0.351 e. The number of benzene rings is 1. The zero-order valence-corrected chi connectivity index (χ0v) is 13.4. The van der Waals surface area contributed by atoms with E-state index in [0.29, 0.717) is 0 Å². The summed E-state index contributed by atoms with van der Waals surface area (Å²) in [4.78, 5) is 16.5. The minimum atomic E-state index is -0.318. The van der Waals surface area contributed by atoms with Crippen molar-refractivity contribution in [3.05, 3.63) is 30.5 Å². The predicted octanol–water partition coefficient (Wildman–Crippen LogP) is 2.32. The van der Waals surface area contributed by atoms with Crippen LogP contribution >= 0.6 is 0 Å². The van der Waals surface area contributed by atoms with E-state index in [2.05, 4.69) is 21.2 Å². The molecule has 2 aromatic rings. The molecule has 1 fully saturated rings. The number of amides is 1. The Balaban J connectivity index is 1.78. The van der Waals surface area contributed by atoms with Crippen molar-refractivity contribution in [2.75, 3.05) is 31.1 Å². The Morgan fingerprint density at radius 3 is 2.45 bits per heavy atom. The first kappa shape index (κ1) is 14.8. The van der Waals surface area contributed by atoms with Crippen LogP contribution in [0, 0.1) is 5.41 Å². The number of hydrogen-bond acceptors (Lipinski definition) is 4. The lowest BCUT2D eigenvalue weighted by Gasteiger charge is -2.38. The molecule has 0 atom stereocenters. The van der Waals surface area contributed by atoms with Crippen LogP contribution in [0.1, 0.15) is 20.8 Å². The fraction of sp³-hybridized carbons (Fsp3) is 0.471. The van der Waals surface area contributed by atoms with Gasteiger partial charge in [0.2, 0.25) is 5.91 Å². The number of hydrogen-bond donors (Lipinski definition) is 0. The second-order valence-electron chi connectivity index (χ2n) is 6.78. The summed E-state index contributed by atoms with van der Waals surface area (Å²) in [6, 6.07) is 8.15. The Hall–Kier alpha value is -2.17. The molecule has 1 aromatic carbocycles. The molecule has 0 spiro atoms. The minimum absolute atomic E-state index is 0.219. The van der Waals surface area contributed by atoms with Gasteiger partial charge in [0, 0.05) is 42.4 Å². The third kappa shape index (κ3) is 2.75. The van der Waals surface area contributed by atoms with E-state index in [0.717, 1.165) is 42.8 Å². The van der Waals surface area contributed by atoms with E-state index in [1.807, 2.05) is 43.9 Å². The van der Waals surface area contributed by atoms with Crippen LogP contribution in [0.2, 0.25) is 0 Å². The Labute approximate surface area is 130 Å². The smallest absolute Gasteiger partial charge is 0.228 e. The molecule has 3 rings (SSSR count). The molecule has 0 bridgehead atoms. The molecule has 116 valence electrons. The molecule has 0 unspecified atom stereocenters. The fourth-order valence-electron chi connectivity index (χ4n) is 2.84. The third-order valence-corrected chi connectivity index (χ3v) is 4.06. The number of fused-ring (bicyclic) bond motifs is 1. The van der Waals surface area contributed by atoms with Crippen molar-refractivity contribution in [1.29, 1.82) is 0 Å². The largest absolute Gasteiger partial charge is 0.351 e. The molecule has 5 heteroatoms. The molecule has 1 aromatic heterocycles. The van der Waals surface area contributed by atoms with Gasteiger partial charge in [0.25, 0.3) is 0 Å². The Morgan fingerprint density at radius 1 is 1.09 bits per heavy atom. The summed E-state index contributed by atoms with van der Waals surface area (Å²) in [6.07, 6.45) is 1.79. The molecule has 0 radical (unpaired) electrons. The molecular weight excluding hydrogens is 276 g/mol. The van der Waals surface area contributed by atoms with Crippen LogP contribution in [0.4, 0.5) is 5.82 Å². The van der Waals surface area contributed by atoms with E-state index in [1.165, 1.54) is 0 Å². The molecule has 1 aliphatic heterocycles. The summed E-state index contributed by atoms with van der Waals surface area (Å²) >= 11 is 0. The van der Waals surface area contributed by atoms with Crippen molar-refractivity contribution in [1.82, 2.24) is 15.1 Å². The van der Waals surface area contributed by atoms with Crippen LogP contribution in [-0.2, 0) is 4.79 Å². The molecular formula is C17H22N4O. The number of aromatic nitrogens is 2. The van der Waals surface area contributed by atoms with Gasteiger partial charge in [-0.1, -0.05) is 45.0 Å². The van der Waals surface area contributed by atoms with Gasteiger partial charge in [-0.15, -0.1) is 5.10 Å². The molecule has 0 N–H and O–H groups in total. The zero-order valence-electron chi connectivity index (χ0n) is 13.4. The number of nitrogens with zero attached hydrogens (tertiary/aromatic N) is 4. The maximum atomic E-state index is 12.4. The van der Waals surface area contributed by atoms with E-state index < -0.39 is 0 Å². The number of carbonyl (C=O) groups is 1. The average molecular weight is 298 g/mol. The highest BCUT2D eigenvalue weighted by molar-refractivity contribution is 5.91. The summed E-state index contributed by atoms with van der Waals surface area (Å²) < 4.78 is 0. The maximum Gasteiger partial charge on any atom is 0.228 e. The van der Waals surface area contributed by atoms with Crippen molar-refractivity contribution in [3.8, 4) is 0 Å². The third-order valence-electron chi connectivity index (χ3n) is 4.06. The molecule has 5 nitrogen and oxygen atoms in total. The van der Waals surface area contributed by atoms with Gasteiger partial charge in [0.1, 0.15) is 0 Å². The first-order valence-electron chi connectivity index (χ1n) is 7.71. The van der Waals surface area contributed by atoms with Crippen molar-refractivity contribution < 1.29 is 4.79 Å². The van der Waals surface area contributed by atoms with Crippen LogP contribution in [0.5, 0.6) is 0 Å². The summed E-state index contributed by atoms with van der Waals surface area (Å²) in [5.41, 5.74) is -0.318. The first-order chi connectivity index (χ1) is 10.5. The second-order valence-corrected chi connectivity index (χ2v) is 6.78. The summed E-state index contributed by atoms with van der Waals surface area (Å²) in [7, 11) is 0. The van der Waals surface area contributed by atoms with Crippen LogP contribution in [0.25, 0.3) is 10.8 Å². The summed E-state index contributed by atoms with van der Waals surface area (Å²) in [5, 5.41) is 10.6. The van der Waals surface area contributed by atoms with Gasteiger partial charge in [-0.05, 0) is 0 Å². The normalized spacial score (nSPS) is 16.1. The molecule has 1 amide bonds. The van der Waals surface area contributed by atoms with Crippen molar-refractivity contribution in [2.24, 2.45) is 5.41 Å². The van der Waals surface area contributed by atoms with Crippen LogP contribution < -0.4 is 4.90 Å². The van der Waals surface area contributed by atoms with Crippen LogP contribution in [-0.4, -0.2) is 47.2 Å². The number of piperazine rings is 1. The number of rotatable bonds is 1. The maximum absolute atomic E-state index is 12.4. The molecule has 22 heavy (non-hydrogen) atoms. The molecule has 0 saturated carbocycles. The highest BCUT2D eigenvalue weighted by atomic mass is 16.2. The van der Waals surface area contributed by atoms with Crippen molar-refractivity contribution in [3.63, 3.8) is 0 Å². The van der Waals surface area contributed by atoms with Crippen LogP contribution in [0.15, 0.2) is 30.5 Å². The molecule has 2 heterocycles. The van der Waals surface area contributed by atoms with Gasteiger partial charge in [0.05, 0.1) is 6.20 Å². The van der Waals surface area contributed by atoms with Gasteiger partial charge >= 0.3 is 0 Å². The van der Waals surface area contributed by atoms with Crippen LogP contribution in [0.3, 0.4) is 0 Å². The van der Waals surface area contributed by atoms with E-state index in [1.54, 1.807) is 6.20 Å². The van der Waals surface area contributed by atoms with E-state index >= 15 is 0 Å². The van der Waals surface area contributed by atoms with Gasteiger partial charge < -0.3 is 9.80 Å². The molecule has 0 aliphatic carbocycles. The van der Waals surface area contributed by atoms with Gasteiger partial charge in [0.15, 0.2) is 5.82 Å². The SMILES string of the molecule is CC(C)(C)C(=O)N1CCN(c2nncc3ccccc23)CC1. The fourth-order valence-corrected chi connectivity index (χ4v) is 2.84. The Morgan fingerprint density at radius 2 is 1.77 bits per heavy atom. The highest BCUT2D eigenvalue weighted by Gasteiger charge is 2.30. The quantitative estimate of drug-likeness (QED) is 0.811. The first-order valence-corrected chi connectivity index (χ1v) is 7.71. The highest BCUT2D eigenvalue weighted by Crippen LogP contribution is 2.25. The van der Waals surface area contributed by atoms with Crippen molar-refractivity contribution >= 4 is 22.5 Å². The van der Waals surface area contributed by atoms with Gasteiger partial charge in [-0.25, -0.2) is 0 Å². The van der Waals surface area contributed by atoms with Gasteiger partial charge in [-0.3, -0.25) is 4.79 Å². The average Bonchev–Trinajstić information content (AvgIpc) is 2.53. The number of anilines is 1. The Bertz CT molecular complexity index is 679. The lowest BCUT2D eigenvalue weighted by atomic mass is 9.94. The lowest BCUT2D eigenvalue weighted by Crippen LogP contribution is -2.52.